The molecule has 1 amide bonds. The molecule has 0 spiro atoms. The minimum atomic E-state index is -1.04. The first-order valence-corrected chi connectivity index (χ1v) is 8.51. The van der Waals surface area contributed by atoms with Gasteiger partial charge in [-0.25, -0.2) is 0 Å². The van der Waals surface area contributed by atoms with Crippen molar-refractivity contribution in [3.05, 3.63) is 23.8 Å². The lowest BCUT2D eigenvalue weighted by atomic mass is 10.2. The van der Waals surface area contributed by atoms with Gasteiger partial charge in [0.15, 0.2) is 16.7 Å². The Labute approximate surface area is 154 Å². The van der Waals surface area contributed by atoms with Crippen molar-refractivity contribution in [2.75, 3.05) is 27.4 Å². The summed E-state index contributed by atoms with van der Waals surface area (Å²) in [4.78, 5) is 22.3. The van der Waals surface area contributed by atoms with Gasteiger partial charge in [-0.3, -0.25) is 9.59 Å². The molecular weight excluding hydrogens is 362 g/mol. The number of hydrogen-bond acceptors (Lipinski definition) is 8. The number of nitrogens with zero attached hydrogens (tertiary/aromatic N) is 2. The average Bonchev–Trinajstić information content (AvgIpc) is 2.95. The van der Waals surface area contributed by atoms with Crippen LogP contribution in [0.1, 0.15) is 12.0 Å². The molecule has 0 saturated carbocycles. The highest BCUT2D eigenvalue weighted by Crippen LogP contribution is 2.27. The Morgan fingerprint density at radius 2 is 2.15 bits per heavy atom. The third-order valence-electron chi connectivity index (χ3n) is 3.22. The average molecular weight is 381 g/mol. The summed E-state index contributed by atoms with van der Waals surface area (Å²) in [5.74, 6) is -0.293. The molecule has 0 aromatic heterocycles. The number of benzene rings is 1. The Morgan fingerprint density at radius 1 is 1.35 bits per heavy atom. The van der Waals surface area contributed by atoms with Crippen LogP contribution < -0.4 is 14.8 Å². The van der Waals surface area contributed by atoms with Gasteiger partial charge in [-0.05, 0) is 23.8 Å². The van der Waals surface area contributed by atoms with Crippen LogP contribution in [-0.2, 0) is 14.3 Å². The molecule has 1 aliphatic rings. The van der Waals surface area contributed by atoms with E-state index < -0.39 is 11.2 Å². The second kappa shape index (κ2) is 9.78. The van der Waals surface area contributed by atoms with Gasteiger partial charge in [0.2, 0.25) is 5.91 Å². The molecule has 0 bridgehead atoms. The lowest BCUT2D eigenvalue weighted by Crippen LogP contribution is -2.26. The van der Waals surface area contributed by atoms with Crippen LogP contribution >= 0.6 is 11.8 Å². The molecule has 2 N–H and O–H groups in total. The standard InChI is InChI=1S/C16H19N3O6S/c1-23-5-6-25-11-4-3-10(7-12(11)24-2)9-17-19-16-18-15(22)13(26-16)8-14(20)21/h3-4,7,9,13H,5-6,8H2,1-2H3,(H,20,21)(H,18,19,22). The molecule has 2 rings (SSSR count). The number of ether oxygens (including phenoxy) is 3. The molecule has 9 nitrogen and oxygen atoms in total. The second-order valence-corrected chi connectivity index (χ2v) is 6.29. The number of hydrogen-bond donors (Lipinski definition) is 2. The van der Waals surface area contributed by atoms with Crippen molar-refractivity contribution in [1.29, 1.82) is 0 Å². The zero-order valence-corrected chi connectivity index (χ0v) is 15.1. The zero-order chi connectivity index (χ0) is 18.9. The second-order valence-electron chi connectivity index (χ2n) is 5.09. The fraction of sp³-hybridized carbons (Fsp3) is 0.375. The first-order valence-electron chi connectivity index (χ1n) is 7.63. The quantitative estimate of drug-likeness (QED) is 0.374. The largest absolute Gasteiger partial charge is 0.493 e. The van der Waals surface area contributed by atoms with E-state index >= 15 is 0 Å². The Balaban J connectivity index is 1.99. The fourth-order valence-electron chi connectivity index (χ4n) is 2.01. The van der Waals surface area contributed by atoms with Crippen LogP contribution in [0.4, 0.5) is 0 Å². The van der Waals surface area contributed by atoms with Crippen molar-refractivity contribution in [2.45, 2.75) is 11.7 Å². The summed E-state index contributed by atoms with van der Waals surface area (Å²) in [6.07, 6.45) is 1.23. The maximum absolute atomic E-state index is 11.6. The van der Waals surface area contributed by atoms with Crippen molar-refractivity contribution in [1.82, 2.24) is 5.32 Å². The van der Waals surface area contributed by atoms with Crippen LogP contribution in [0.3, 0.4) is 0 Å². The van der Waals surface area contributed by atoms with E-state index in [2.05, 4.69) is 15.5 Å². The molecule has 1 aromatic rings. The number of rotatable bonds is 9. The van der Waals surface area contributed by atoms with Crippen LogP contribution in [0.2, 0.25) is 0 Å². The molecule has 1 saturated heterocycles. The number of nitrogens with one attached hydrogen (secondary N) is 1. The van der Waals surface area contributed by atoms with Gasteiger partial charge in [-0.2, -0.15) is 5.10 Å². The summed E-state index contributed by atoms with van der Waals surface area (Å²) in [5.41, 5.74) is 0.724. The molecule has 0 aliphatic carbocycles. The minimum absolute atomic E-state index is 0.263. The van der Waals surface area contributed by atoms with Crippen LogP contribution in [0.25, 0.3) is 0 Å². The number of carboxylic acid groups (broad SMARTS) is 1. The SMILES string of the molecule is COCCOc1ccc(C=NN=C2NC(=O)C(CC(=O)O)S2)cc1OC. The van der Waals surface area contributed by atoms with E-state index in [4.69, 9.17) is 19.3 Å². The summed E-state index contributed by atoms with van der Waals surface area (Å²) in [6.45, 7) is 0.874. The Kier molecular flexibility index (Phi) is 7.42. The fourth-order valence-corrected chi connectivity index (χ4v) is 2.93. The predicted octanol–water partition coefficient (Wildman–Crippen LogP) is 1.12. The normalized spacial score (nSPS) is 18.3. The summed E-state index contributed by atoms with van der Waals surface area (Å²) in [5, 5.41) is 18.6. The van der Waals surface area contributed by atoms with Crippen molar-refractivity contribution in [2.24, 2.45) is 10.2 Å². The Morgan fingerprint density at radius 3 is 2.85 bits per heavy atom. The van der Waals surface area contributed by atoms with E-state index in [-0.39, 0.29) is 17.5 Å². The topological polar surface area (TPSA) is 119 Å². The van der Waals surface area contributed by atoms with Gasteiger partial charge in [0.1, 0.15) is 11.9 Å². The molecule has 140 valence electrons. The van der Waals surface area contributed by atoms with Crippen LogP contribution in [0.15, 0.2) is 28.4 Å². The Bertz CT molecular complexity index is 722. The number of carbonyl (C=O) groups excluding carboxylic acids is 1. The number of thioether (sulfide) groups is 1. The van der Waals surface area contributed by atoms with Crippen molar-refractivity contribution in [3.8, 4) is 11.5 Å². The van der Waals surface area contributed by atoms with Gasteiger partial charge in [0.25, 0.3) is 0 Å². The van der Waals surface area contributed by atoms with Gasteiger partial charge in [0, 0.05) is 7.11 Å². The lowest BCUT2D eigenvalue weighted by molar-refractivity contribution is -0.138. The molecule has 1 aromatic carbocycles. The van der Waals surface area contributed by atoms with Crippen LogP contribution in [0, 0.1) is 0 Å². The third-order valence-corrected chi connectivity index (χ3v) is 4.30. The van der Waals surface area contributed by atoms with Gasteiger partial charge in [-0.1, -0.05) is 11.8 Å². The molecule has 26 heavy (non-hydrogen) atoms. The third kappa shape index (κ3) is 5.74. The van der Waals surface area contributed by atoms with Crippen molar-refractivity contribution >= 4 is 35.0 Å². The number of amides is 1. The molecule has 0 radical (unpaired) electrons. The Hall–Kier alpha value is -2.59. The van der Waals surface area contributed by atoms with E-state index in [1.165, 1.54) is 13.3 Å². The lowest BCUT2D eigenvalue weighted by Gasteiger charge is -2.10. The van der Waals surface area contributed by atoms with E-state index in [1.807, 2.05) is 0 Å². The van der Waals surface area contributed by atoms with Crippen LogP contribution in [0.5, 0.6) is 11.5 Å². The predicted molar refractivity (Wildman–Crippen MR) is 97.2 cm³/mol. The number of aliphatic carboxylic acids is 1. The molecule has 1 fully saturated rings. The minimum Gasteiger partial charge on any atom is -0.493 e. The maximum atomic E-state index is 11.6. The molecule has 1 atom stereocenters. The summed E-state index contributed by atoms with van der Waals surface area (Å²) in [6, 6.07) is 5.26. The van der Waals surface area contributed by atoms with Gasteiger partial charge in [0.05, 0.1) is 26.4 Å². The zero-order valence-electron chi connectivity index (χ0n) is 14.3. The number of carbonyl (C=O) groups is 2. The van der Waals surface area contributed by atoms with E-state index in [0.717, 1.165) is 17.3 Å². The van der Waals surface area contributed by atoms with E-state index in [9.17, 15) is 9.59 Å². The monoisotopic (exact) mass is 381 g/mol. The maximum Gasteiger partial charge on any atom is 0.305 e. The van der Waals surface area contributed by atoms with Gasteiger partial charge in [-0.15, -0.1) is 5.10 Å². The highest BCUT2D eigenvalue weighted by atomic mass is 32.2. The summed E-state index contributed by atoms with van der Waals surface area (Å²) >= 11 is 1.04. The molecule has 10 heteroatoms. The van der Waals surface area contributed by atoms with Gasteiger partial charge >= 0.3 is 5.97 Å². The summed E-state index contributed by atoms with van der Waals surface area (Å²) < 4.78 is 15.8. The number of carboxylic acids is 1. The molecule has 1 heterocycles. The van der Waals surface area contributed by atoms with E-state index in [0.29, 0.717) is 24.7 Å². The van der Waals surface area contributed by atoms with Crippen molar-refractivity contribution < 1.29 is 28.9 Å². The van der Waals surface area contributed by atoms with Crippen molar-refractivity contribution in [3.63, 3.8) is 0 Å². The van der Waals surface area contributed by atoms with E-state index in [1.54, 1.807) is 25.3 Å². The highest BCUT2D eigenvalue weighted by molar-refractivity contribution is 8.15. The first kappa shape index (κ1) is 19.7. The summed E-state index contributed by atoms with van der Waals surface area (Å²) in [7, 11) is 3.13. The molecular formula is C16H19N3O6S. The smallest absolute Gasteiger partial charge is 0.305 e. The first-order chi connectivity index (χ1) is 12.5. The van der Waals surface area contributed by atoms with Crippen LogP contribution in [-0.4, -0.2) is 61.0 Å². The number of methoxy groups -OCH3 is 2. The molecule has 1 unspecified atom stereocenters. The molecule has 1 aliphatic heterocycles. The number of amidine groups is 1. The van der Waals surface area contributed by atoms with Gasteiger partial charge < -0.3 is 24.6 Å². The highest BCUT2D eigenvalue weighted by Gasteiger charge is 2.32.